The monoisotopic (exact) mass is 429 g/mol. The number of hydrogen-bond donors (Lipinski definition) is 1. The molecule has 0 radical (unpaired) electrons. The van der Waals surface area contributed by atoms with Crippen LogP contribution < -0.4 is 10.2 Å². The van der Waals surface area contributed by atoms with Crippen molar-refractivity contribution in [3.63, 3.8) is 0 Å². The summed E-state index contributed by atoms with van der Waals surface area (Å²) in [4.78, 5) is 28.7. The minimum Gasteiger partial charge on any atom is -0.444 e. The lowest BCUT2D eigenvalue weighted by molar-refractivity contribution is 0.0523. The van der Waals surface area contributed by atoms with Gasteiger partial charge in [0.1, 0.15) is 5.60 Å². The maximum Gasteiger partial charge on any atom is 0.407 e. The number of piperazine rings is 1. The Kier molecular flexibility index (Phi) is 6.87. The zero-order valence-electron chi connectivity index (χ0n) is 17.7. The zero-order chi connectivity index (χ0) is 21.7. The van der Waals surface area contributed by atoms with Gasteiger partial charge in [-0.25, -0.2) is 4.79 Å². The van der Waals surface area contributed by atoms with Gasteiger partial charge in [0.2, 0.25) is 0 Å². The topological polar surface area (TPSA) is 61.9 Å². The zero-order valence-corrected chi connectivity index (χ0v) is 18.4. The molecule has 7 heteroatoms. The third-order valence-corrected chi connectivity index (χ3v) is 5.01. The maximum absolute atomic E-state index is 12.8. The van der Waals surface area contributed by atoms with Crippen molar-refractivity contribution in [2.75, 3.05) is 31.1 Å². The Morgan fingerprint density at radius 1 is 1.03 bits per heavy atom. The molecule has 0 aromatic heterocycles. The van der Waals surface area contributed by atoms with Crippen LogP contribution in [0, 0.1) is 0 Å². The number of rotatable bonds is 4. The fourth-order valence-electron chi connectivity index (χ4n) is 3.28. The van der Waals surface area contributed by atoms with Crippen molar-refractivity contribution in [2.45, 2.75) is 32.9 Å². The van der Waals surface area contributed by atoms with E-state index in [4.69, 9.17) is 16.3 Å². The number of carbonyl (C=O) groups excluding carboxylic acids is 2. The van der Waals surface area contributed by atoms with E-state index in [1.807, 2.05) is 62.1 Å². The molecule has 1 N–H and O–H groups in total. The van der Waals surface area contributed by atoms with E-state index in [1.54, 1.807) is 12.1 Å². The average Bonchev–Trinajstić information content (AvgIpc) is 2.71. The van der Waals surface area contributed by atoms with Crippen molar-refractivity contribution in [2.24, 2.45) is 0 Å². The van der Waals surface area contributed by atoms with E-state index in [1.165, 1.54) is 0 Å². The molecule has 1 heterocycles. The van der Waals surface area contributed by atoms with Gasteiger partial charge >= 0.3 is 6.09 Å². The molecule has 0 spiro atoms. The van der Waals surface area contributed by atoms with Gasteiger partial charge in [-0.05, 0) is 56.7 Å². The summed E-state index contributed by atoms with van der Waals surface area (Å²) in [6.07, 6.45) is -0.458. The van der Waals surface area contributed by atoms with Crippen molar-refractivity contribution in [3.8, 4) is 0 Å². The third kappa shape index (κ3) is 6.13. The van der Waals surface area contributed by atoms with Crippen LogP contribution in [0.15, 0.2) is 48.5 Å². The Bertz CT molecular complexity index is 885. The predicted molar refractivity (Wildman–Crippen MR) is 119 cm³/mol. The number of alkyl carbamates (subject to hydrolysis) is 1. The summed E-state index contributed by atoms with van der Waals surface area (Å²) in [5.74, 6) is 0.0207. The number of nitrogens with one attached hydrogen (secondary N) is 1. The highest BCUT2D eigenvalue weighted by molar-refractivity contribution is 6.30. The van der Waals surface area contributed by atoms with Gasteiger partial charge in [0.25, 0.3) is 5.91 Å². The van der Waals surface area contributed by atoms with Crippen LogP contribution in [0.25, 0.3) is 0 Å². The normalized spacial score (nSPS) is 14.4. The van der Waals surface area contributed by atoms with E-state index in [0.717, 1.165) is 24.3 Å². The SMILES string of the molecule is CC(C)(C)OC(=O)NCc1ccc(C(=O)N2CCN(c3cccc(Cl)c3)CC2)cc1. The molecule has 0 bridgehead atoms. The highest BCUT2D eigenvalue weighted by Crippen LogP contribution is 2.21. The fraction of sp³-hybridized carbons (Fsp3) is 0.391. The van der Waals surface area contributed by atoms with Crippen molar-refractivity contribution >= 4 is 29.3 Å². The molecule has 160 valence electrons. The summed E-state index contributed by atoms with van der Waals surface area (Å²) in [5.41, 5.74) is 2.10. The highest BCUT2D eigenvalue weighted by atomic mass is 35.5. The molecule has 0 aliphatic carbocycles. The Hall–Kier alpha value is -2.73. The van der Waals surface area contributed by atoms with Crippen molar-refractivity contribution in [1.82, 2.24) is 10.2 Å². The Labute approximate surface area is 182 Å². The van der Waals surface area contributed by atoms with Gasteiger partial charge in [-0.2, -0.15) is 0 Å². The molecule has 1 aliphatic heterocycles. The number of hydrogen-bond acceptors (Lipinski definition) is 4. The molecule has 1 fully saturated rings. The molecule has 1 aliphatic rings. The van der Waals surface area contributed by atoms with E-state index >= 15 is 0 Å². The number of amides is 2. The summed E-state index contributed by atoms with van der Waals surface area (Å²) < 4.78 is 5.23. The third-order valence-electron chi connectivity index (χ3n) is 4.78. The van der Waals surface area contributed by atoms with Crippen LogP contribution in [0.4, 0.5) is 10.5 Å². The smallest absolute Gasteiger partial charge is 0.407 e. The summed E-state index contributed by atoms with van der Waals surface area (Å²) >= 11 is 6.08. The molecule has 6 nitrogen and oxygen atoms in total. The second-order valence-corrected chi connectivity index (χ2v) is 8.75. The fourth-order valence-corrected chi connectivity index (χ4v) is 3.46. The van der Waals surface area contributed by atoms with Crippen LogP contribution in [0.5, 0.6) is 0 Å². The lowest BCUT2D eigenvalue weighted by atomic mass is 10.1. The second kappa shape index (κ2) is 9.39. The molecular weight excluding hydrogens is 402 g/mol. The summed E-state index contributed by atoms with van der Waals surface area (Å²) in [5, 5.41) is 3.44. The first kappa shape index (κ1) is 22.0. The van der Waals surface area contributed by atoms with Gasteiger partial charge in [0, 0.05) is 49.0 Å². The van der Waals surface area contributed by atoms with Crippen LogP contribution in [-0.4, -0.2) is 48.7 Å². The molecule has 2 aromatic carbocycles. The van der Waals surface area contributed by atoms with Crippen LogP contribution in [0.1, 0.15) is 36.7 Å². The predicted octanol–water partition coefficient (Wildman–Crippen LogP) is 4.33. The molecule has 0 atom stereocenters. The van der Waals surface area contributed by atoms with Crippen LogP contribution in [-0.2, 0) is 11.3 Å². The van der Waals surface area contributed by atoms with Gasteiger partial charge < -0.3 is 19.9 Å². The number of benzene rings is 2. The lowest BCUT2D eigenvalue weighted by Gasteiger charge is -2.36. The first-order valence-corrected chi connectivity index (χ1v) is 10.4. The summed E-state index contributed by atoms with van der Waals surface area (Å²) in [7, 11) is 0. The molecule has 2 aromatic rings. The van der Waals surface area contributed by atoms with Gasteiger partial charge in [-0.1, -0.05) is 29.8 Å². The van der Waals surface area contributed by atoms with E-state index in [0.29, 0.717) is 30.2 Å². The van der Waals surface area contributed by atoms with Crippen LogP contribution >= 0.6 is 11.6 Å². The van der Waals surface area contributed by atoms with Gasteiger partial charge in [0.15, 0.2) is 0 Å². The molecule has 1 saturated heterocycles. The Balaban J connectivity index is 1.51. The van der Waals surface area contributed by atoms with Gasteiger partial charge in [-0.15, -0.1) is 0 Å². The van der Waals surface area contributed by atoms with Crippen LogP contribution in [0.2, 0.25) is 5.02 Å². The molecular formula is C23H28ClN3O3. The number of carbonyl (C=O) groups is 2. The first-order valence-electron chi connectivity index (χ1n) is 10.1. The van der Waals surface area contributed by atoms with E-state index in [2.05, 4.69) is 10.2 Å². The minimum absolute atomic E-state index is 0.0207. The minimum atomic E-state index is -0.531. The summed E-state index contributed by atoms with van der Waals surface area (Å²) in [6.45, 7) is 8.67. The van der Waals surface area contributed by atoms with Crippen molar-refractivity contribution < 1.29 is 14.3 Å². The van der Waals surface area contributed by atoms with Gasteiger partial charge in [0.05, 0.1) is 0 Å². The van der Waals surface area contributed by atoms with E-state index < -0.39 is 11.7 Å². The highest BCUT2D eigenvalue weighted by Gasteiger charge is 2.22. The average molecular weight is 430 g/mol. The number of anilines is 1. The van der Waals surface area contributed by atoms with Gasteiger partial charge in [-0.3, -0.25) is 4.79 Å². The van der Waals surface area contributed by atoms with E-state index in [-0.39, 0.29) is 5.91 Å². The number of nitrogens with zero attached hydrogens (tertiary/aromatic N) is 2. The summed E-state index contributed by atoms with van der Waals surface area (Å²) in [6, 6.07) is 15.1. The van der Waals surface area contributed by atoms with Crippen LogP contribution in [0.3, 0.4) is 0 Å². The van der Waals surface area contributed by atoms with E-state index in [9.17, 15) is 9.59 Å². The molecule has 0 saturated carbocycles. The molecule has 30 heavy (non-hydrogen) atoms. The number of halogens is 1. The molecule has 3 rings (SSSR count). The lowest BCUT2D eigenvalue weighted by Crippen LogP contribution is -2.48. The number of ether oxygens (including phenoxy) is 1. The quantitative estimate of drug-likeness (QED) is 0.785. The standard InChI is InChI=1S/C23H28ClN3O3/c1-23(2,3)30-22(29)25-16-17-7-9-18(10-8-17)21(28)27-13-11-26(12-14-27)20-6-4-5-19(24)15-20/h4-10,15H,11-14,16H2,1-3H3,(H,25,29). The molecule has 0 unspecified atom stereocenters. The Morgan fingerprint density at radius 3 is 2.30 bits per heavy atom. The first-order chi connectivity index (χ1) is 14.2. The maximum atomic E-state index is 12.8. The largest absolute Gasteiger partial charge is 0.444 e. The van der Waals surface area contributed by atoms with Crippen molar-refractivity contribution in [1.29, 1.82) is 0 Å². The molecule has 2 amide bonds. The Morgan fingerprint density at radius 2 is 1.70 bits per heavy atom. The van der Waals surface area contributed by atoms with Crippen molar-refractivity contribution in [3.05, 3.63) is 64.7 Å². The second-order valence-electron chi connectivity index (χ2n) is 8.31.